The third-order valence-electron chi connectivity index (χ3n) is 18.5. The van der Waals surface area contributed by atoms with Crippen LogP contribution >= 0.6 is 11.3 Å². The molecular formula is C106H158N10S. The monoisotopic (exact) mass is 1600 g/mol. The minimum atomic E-state index is 0. The van der Waals surface area contributed by atoms with Gasteiger partial charge in [0.1, 0.15) is 0 Å². The summed E-state index contributed by atoms with van der Waals surface area (Å²) in [4.78, 5) is 22.7. The molecule has 638 valence electrons. The van der Waals surface area contributed by atoms with Gasteiger partial charge < -0.3 is 15.0 Å². The average molecular weight is 1600 g/mol. The molecule has 0 radical (unpaired) electrons. The normalized spacial score (nSPS) is 10.9. The number of thiophene rings is 1. The first-order valence-electron chi connectivity index (χ1n) is 44.1. The van der Waals surface area contributed by atoms with Crippen LogP contribution in [0.15, 0.2) is 225 Å². The Bertz CT molecular complexity index is 4410. The fourth-order valence-corrected chi connectivity index (χ4v) is 14.4. The van der Waals surface area contributed by atoms with Crippen LogP contribution in [-0.2, 0) is 26.1 Å². The molecule has 6 aromatic carbocycles. The number of aromatic nitrogens is 8. The summed E-state index contributed by atoms with van der Waals surface area (Å²) in [5.41, 5.74) is 20.5. The summed E-state index contributed by atoms with van der Waals surface area (Å²) in [6, 6.07) is 54.9. The van der Waals surface area contributed by atoms with Gasteiger partial charge in [0.05, 0.1) is 40.8 Å². The Hall–Kier alpha value is -9.26. The second kappa shape index (κ2) is 62.0. The molecule has 16 rings (SSSR count). The zero-order valence-corrected chi connectivity index (χ0v) is 78.9. The maximum absolute atomic E-state index is 4.40. The molecular weight excluding hydrogens is 1450 g/mol. The minimum absolute atomic E-state index is 0. The maximum Gasteiger partial charge on any atom is 0.0992 e. The van der Waals surface area contributed by atoms with Gasteiger partial charge in [0.2, 0.25) is 0 Å². The largest absolute Gasteiger partial charge is 0.312 e. The van der Waals surface area contributed by atoms with Crippen LogP contribution in [0.2, 0.25) is 0 Å². The number of fused-ring (bicyclic) bond motifs is 8. The minimum Gasteiger partial charge on any atom is -0.312 e. The lowest BCUT2D eigenvalue weighted by atomic mass is 9.95. The Kier molecular flexibility index (Phi) is 57.1. The van der Waals surface area contributed by atoms with Crippen molar-refractivity contribution in [2.45, 2.75) is 302 Å². The first kappa shape index (κ1) is 108. The van der Waals surface area contributed by atoms with Crippen LogP contribution in [0.1, 0.15) is 342 Å². The number of pyridine rings is 5. The number of para-hydroxylation sites is 1. The molecule has 11 heteroatoms. The van der Waals surface area contributed by atoms with Crippen LogP contribution in [0.3, 0.4) is 0 Å². The van der Waals surface area contributed by atoms with E-state index in [2.05, 4.69) is 306 Å². The highest BCUT2D eigenvalue weighted by molar-refractivity contribution is 7.10. The molecule has 0 spiro atoms. The van der Waals surface area contributed by atoms with Crippen molar-refractivity contribution >= 4 is 71.1 Å². The first-order valence-corrected chi connectivity index (χ1v) is 44.9. The summed E-state index contributed by atoms with van der Waals surface area (Å²) < 4.78 is 2.05. The molecule has 117 heavy (non-hydrogen) atoms. The zero-order valence-electron chi connectivity index (χ0n) is 78.1. The van der Waals surface area contributed by atoms with Gasteiger partial charge in [0, 0.05) is 94.8 Å². The van der Waals surface area contributed by atoms with E-state index in [0.717, 1.165) is 42.7 Å². The lowest BCUT2D eigenvalue weighted by Crippen LogP contribution is -2.22. The van der Waals surface area contributed by atoms with Gasteiger partial charge in [-0.2, -0.15) is 5.10 Å². The second-order valence-electron chi connectivity index (χ2n) is 28.4. The molecule has 0 saturated heterocycles. The molecule has 0 aliphatic carbocycles. The van der Waals surface area contributed by atoms with Gasteiger partial charge in [0.25, 0.3) is 0 Å². The number of aromatic amines is 1. The fraction of sp³-hybridized carbons (Fsp3) is 0.434. The Balaban J connectivity index is 0.00000128. The van der Waals surface area contributed by atoms with Gasteiger partial charge in [-0.25, -0.2) is 4.98 Å². The highest BCUT2D eigenvalue weighted by Gasteiger charge is 2.18. The molecule has 0 unspecified atom stereocenters. The lowest BCUT2D eigenvalue weighted by molar-refractivity contribution is 0.646. The fourth-order valence-electron chi connectivity index (χ4n) is 13.1. The highest BCUT2D eigenvalue weighted by atomic mass is 32.1. The van der Waals surface area contributed by atoms with Crippen LogP contribution in [-0.4, -0.2) is 46.1 Å². The van der Waals surface area contributed by atoms with Gasteiger partial charge in [0.15, 0.2) is 0 Å². The first-order chi connectivity index (χ1) is 56.3. The predicted octanol–water partition coefficient (Wildman–Crippen LogP) is 32.4. The quantitative estimate of drug-likeness (QED) is 0.138. The van der Waals surface area contributed by atoms with Crippen molar-refractivity contribution in [3.8, 4) is 0 Å². The number of H-pyrrole nitrogens is 1. The third kappa shape index (κ3) is 33.6. The van der Waals surface area contributed by atoms with Crippen LogP contribution in [0.4, 0.5) is 0 Å². The molecule has 0 fully saturated rings. The molecule has 0 bridgehead atoms. The smallest absolute Gasteiger partial charge is 0.0992 e. The number of nitrogens with zero attached hydrogens (tertiary/aromatic N) is 7. The van der Waals surface area contributed by atoms with Gasteiger partial charge in [-0.05, 0) is 180 Å². The van der Waals surface area contributed by atoms with Crippen molar-refractivity contribution in [2.24, 2.45) is 0 Å². The number of imidazole rings is 1. The number of nitrogens with one attached hydrogen (secondary N) is 3. The van der Waals surface area contributed by atoms with Crippen LogP contribution < -0.4 is 10.6 Å². The number of rotatable bonds is 8. The van der Waals surface area contributed by atoms with Crippen molar-refractivity contribution in [3.63, 3.8) is 0 Å². The van der Waals surface area contributed by atoms with Gasteiger partial charge in [-0.3, -0.25) is 25.0 Å². The van der Waals surface area contributed by atoms with E-state index in [1.165, 1.54) is 99.7 Å². The Morgan fingerprint density at radius 3 is 1.43 bits per heavy atom. The van der Waals surface area contributed by atoms with Gasteiger partial charge in [-0.15, -0.1) is 11.3 Å². The van der Waals surface area contributed by atoms with E-state index >= 15 is 0 Å². The van der Waals surface area contributed by atoms with Crippen molar-refractivity contribution in [1.82, 2.24) is 50.2 Å². The van der Waals surface area contributed by atoms with Gasteiger partial charge in [-0.1, -0.05) is 344 Å². The molecule has 10 heterocycles. The summed E-state index contributed by atoms with van der Waals surface area (Å²) in [5.74, 6) is 4.71. The van der Waals surface area contributed by atoms with Crippen LogP contribution in [0.5, 0.6) is 0 Å². The number of benzene rings is 6. The zero-order chi connectivity index (χ0) is 87.2. The standard InChI is InChI=1S/4C12H13N.C11H15N.2C10H12N2.C10H15NS.8C2H6.CH4/c1-9(2)10-5-3-7-12-11(10)6-4-8-13-12;1-9(2)11-7-3-5-10-6-4-8-13-12(10)11;1-9(2)11-5-3-4-10-8-13-7-6-12(10)11;1-9(2)11-5-3-4-10-6-7-13-8-12(10)11;1-8(2)10-5-3-4-9-6-12-7-11(9)10;1-8(2)9-4-3-5-12-7-11-6-10(9)12;1-7(2)8-4-3-5-10-9(8)6-11-12-10;1-7(2)9-6-12-10-5-11-4-3-8(9)10;8*1-2;/h4*3-9H,1-2H3;3-5,8,12H,6-7H2,1-2H3;3-8H,1-2H3;3-7H,1-2H3,(H,11,12);6-7,11H,3-5H2,1-2H3;8*1-2H3;1H4. The number of hydrogen-bond acceptors (Lipinski definition) is 9. The van der Waals surface area contributed by atoms with Crippen molar-refractivity contribution < 1.29 is 0 Å². The summed E-state index contributed by atoms with van der Waals surface area (Å²) in [6.07, 6.45) is 20.1. The van der Waals surface area contributed by atoms with Crippen LogP contribution in [0.25, 0.3) is 59.8 Å². The predicted molar refractivity (Wildman–Crippen MR) is 525 cm³/mol. The molecule has 3 N–H and O–H groups in total. The van der Waals surface area contributed by atoms with E-state index in [4.69, 9.17) is 0 Å². The molecule has 0 amide bonds. The summed E-state index contributed by atoms with van der Waals surface area (Å²) in [5, 5.41) is 25.0. The Labute approximate surface area is 716 Å². The average Bonchev–Trinajstić information content (AvgIpc) is 1.32. The molecule has 10 nitrogen and oxygen atoms in total. The van der Waals surface area contributed by atoms with Crippen LogP contribution in [0, 0.1) is 0 Å². The highest BCUT2D eigenvalue weighted by Crippen LogP contribution is 2.32. The lowest BCUT2D eigenvalue weighted by Gasteiger charge is -2.15. The molecule has 0 saturated carbocycles. The van der Waals surface area contributed by atoms with Crippen molar-refractivity contribution in [1.29, 1.82) is 0 Å². The van der Waals surface area contributed by atoms with E-state index in [-0.39, 0.29) is 7.43 Å². The molecule has 8 aromatic heterocycles. The second-order valence-corrected chi connectivity index (χ2v) is 29.4. The number of hydrogen-bond donors (Lipinski definition) is 3. The summed E-state index contributed by atoms with van der Waals surface area (Å²) >= 11 is 1.92. The van der Waals surface area contributed by atoms with Crippen molar-refractivity contribution in [3.05, 3.63) is 291 Å². The van der Waals surface area contributed by atoms with E-state index in [1.54, 1.807) is 16.0 Å². The SMILES string of the molecule is C.CC.CC.CC.CC.CC.CC.CC.CC.CC(C)c1cccc2[nH]ncc12.CC(C)c1cccc2c1CNC2.CC(C)c1cccc2cccnc12.CC(C)c1cccc2ccncc12.CC(C)c1cccc2cnccc12.CC(C)c1cccc2ncccc12.CC(C)c1cccn2cncc12.CC(C)c1csc2c1CCNC2. The van der Waals surface area contributed by atoms with Gasteiger partial charge >= 0.3 is 0 Å². The Morgan fingerprint density at radius 2 is 0.821 bits per heavy atom. The summed E-state index contributed by atoms with van der Waals surface area (Å²) in [6.45, 7) is 71.9. The maximum atomic E-state index is 4.40. The Morgan fingerprint density at radius 1 is 0.342 bits per heavy atom. The summed E-state index contributed by atoms with van der Waals surface area (Å²) in [7, 11) is 0. The van der Waals surface area contributed by atoms with Crippen molar-refractivity contribution in [2.75, 3.05) is 6.54 Å². The third-order valence-corrected chi connectivity index (χ3v) is 19.6. The van der Waals surface area contributed by atoms with E-state index in [1.807, 2.05) is 202 Å². The topological polar surface area (TPSA) is 122 Å². The molecule has 14 aromatic rings. The van der Waals surface area contributed by atoms with E-state index in [0.29, 0.717) is 47.3 Å². The van der Waals surface area contributed by atoms with E-state index < -0.39 is 0 Å². The molecule has 2 aliphatic heterocycles. The van der Waals surface area contributed by atoms with E-state index in [9.17, 15) is 0 Å². The molecule has 2 aliphatic rings. The molecule has 0 atom stereocenters.